The highest BCUT2D eigenvalue weighted by atomic mass is 35.5. The van der Waals surface area contributed by atoms with Gasteiger partial charge >= 0.3 is 0 Å². The third-order valence-electron chi connectivity index (χ3n) is 0.694. The second kappa shape index (κ2) is 1.60. The molecule has 44 valence electrons. The van der Waals surface area contributed by atoms with Crippen LogP contribution < -0.4 is 0 Å². The molecule has 0 saturated carbocycles. The van der Waals surface area contributed by atoms with E-state index in [0.29, 0.717) is 0 Å². The van der Waals surface area contributed by atoms with Gasteiger partial charge in [0.25, 0.3) is 0 Å². The first kappa shape index (κ1) is 5.85. The Bertz CT molecular complexity index is 247. The highest BCUT2D eigenvalue weighted by Crippen LogP contribution is 2.15. The average molecular weight is 151 g/mol. The van der Waals surface area contributed by atoms with Crippen LogP contribution in [0.2, 0.25) is 0 Å². The minimum atomic E-state index is -3.07. The van der Waals surface area contributed by atoms with Gasteiger partial charge in [-0.15, -0.1) is 0 Å². The summed E-state index contributed by atoms with van der Waals surface area (Å²) in [6, 6.07) is 0. The largest absolute Gasteiger partial charge is 0.220 e. The molecule has 8 heavy (non-hydrogen) atoms. The van der Waals surface area contributed by atoms with Crippen LogP contribution in [0, 0.1) is 0 Å². The first-order valence-corrected chi connectivity index (χ1v) is 3.89. The molecule has 0 atom stereocenters. The van der Waals surface area contributed by atoms with E-state index >= 15 is 0 Å². The predicted molar refractivity (Wildman–Crippen MR) is 32.0 cm³/mol. The summed E-state index contributed by atoms with van der Waals surface area (Å²) >= 11 is 5.29. The molecule has 0 N–H and O–H groups in total. The Kier molecular flexibility index (Phi) is 1.17. The SMILES string of the molecule is O=S1(=O)C=CC(Cl)=C1. The summed E-state index contributed by atoms with van der Waals surface area (Å²) in [7, 11) is -3.07. The Morgan fingerprint density at radius 2 is 2.12 bits per heavy atom. The minimum Gasteiger partial charge on any atom is -0.220 e. The van der Waals surface area contributed by atoms with E-state index < -0.39 is 9.84 Å². The summed E-state index contributed by atoms with van der Waals surface area (Å²) in [6.07, 6.45) is 1.34. The molecule has 1 rings (SSSR count). The van der Waals surface area contributed by atoms with E-state index in [1.807, 2.05) is 0 Å². The van der Waals surface area contributed by atoms with Crippen molar-refractivity contribution in [3.8, 4) is 0 Å². The maximum absolute atomic E-state index is 10.4. The number of rotatable bonds is 0. The molecule has 0 saturated heterocycles. The highest BCUT2D eigenvalue weighted by molar-refractivity contribution is 7.97. The van der Waals surface area contributed by atoms with Crippen molar-refractivity contribution in [2.24, 2.45) is 0 Å². The normalized spacial score (nSPS) is 23.4. The molecular weight excluding hydrogens is 148 g/mol. The fraction of sp³-hybridized carbons (Fsp3) is 0. The molecule has 0 aromatic heterocycles. The monoisotopic (exact) mass is 150 g/mol. The lowest BCUT2D eigenvalue weighted by Crippen LogP contribution is -1.81. The van der Waals surface area contributed by atoms with Crippen LogP contribution in [0.1, 0.15) is 0 Å². The van der Waals surface area contributed by atoms with E-state index in [2.05, 4.69) is 0 Å². The fourth-order valence-electron chi connectivity index (χ4n) is 0.395. The van der Waals surface area contributed by atoms with E-state index in [1.54, 1.807) is 0 Å². The first-order valence-electron chi connectivity index (χ1n) is 1.90. The zero-order valence-corrected chi connectivity index (χ0v) is 5.41. The van der Waals surface area contributed by atoms with E-state index in [1.165, 1.54) is 6.08 Å². The molecular formula is C4H3ClO2S. The van der Waals surface area contributed by atoms with Gasteiger partial charge in [0.05, 0.1) is 10.4 Å². The Morgan fingerprint density at radius 1 is 1.50 bits per heavy atom. The molecule has 1 heterocycles. The van der Waals surface area contributed by atoms with E-state index in [4.69, 9.17) is 11.6 Å². The minimum absolute atomic E-state index is 0.269. The van der Waals surface area contributed by atoms with Gasteiger partial charge in [0, 0.05) is 5.41 Å². The van der Waals surface area contributed by atoms with Crippen molar-refractivity contribution in [1.82, 2.24) is 0 Å². The topological polar surface area (TPSA) is 34.1 Å². The van der Waals surface area contributed by atoms with Crippen molar-refractivity contribution in [2.45, 2.75) is 0 Å². The van der Waals surface area contributed by atoms with Crippen LogP contribution in [0.15, 0.2) is 21.9 Å². The maximum Gasteiger partial charge on any atom is 0.194 e. The Hall–Kier alpha value is -0.280. The molecule has 0 radical (unpaired) electrons. The van der Waals surface area contributed by atoms with Crippen molar-refractivity contribution >= 4 is 21.4 Å². The van der Waals surface area contributed by atoms with Gasteiger partial charge in [0.15, 0.2) is 9.84 Å². The number of halogens is 1. The van der Waals surface area contributed by atoms with Crippen LogP contribution in [0.3, 0.4) is 0 Å². The molecule has 0 aromatic rings. The van der Waals surface area contributed by atoms with Crippen molar-refractivity contribution < 1.29 is 8.42 Å². The van der Waals surface area contributed by atoms with Crippen LogP contribution in [-0.4, -0.2) is 8.42 Å². The predicted octanol–water partition coefficient (Wildman–Crippen LogP) is 1.01. The van der Waals surface area contributed by atoms with Gasteiger partial charge in [0.1, 0.15) is 0 Å². The molecule has 1 aliphatic rings. The van der Waals surface area contributed by atoms with E-state index in [-0.39, 0.29) is 5.03 Å². The van der Waals surface area contributed by atoms with Gasteiger partial charge in [-0.1, -0.05) is 11.6 Å². The number of hydrogen-bond donors (Lipinski definition) is 0. The molecule has 0 spiro atoms. The third kappa shape index (κ3) is 1.11. The summed E-state index contributed by atoms with van der Waals surface area (Å²) in [6.45, 7) is 0. The second-order valence-corrected chi connectivity index (χ2v) is 3.52. The molecule has 0 bridgehead atoms. The molecule has 0 fully saturated rings. The van der Waals surface area contributed by atoms with Crippen LogP contribution in [-0.2, 0) is 9.84 Å². The molecule has 2 nitrogen and oxygen atoms in total. The fourth-order valence-corrected chi connectivity index (χ4v) is 1.71. The van der Waals surface area contributed by atoms with Crippen LogP contribution in [0.5, 0.6) is 0 Å². The standard InChI is InChI=1S/C4H3ClO2S/c5-4-1-2-8(6,7)3-4/h1-3H. The second-order valence-electron chi connectivity index (χ2n) is 1.39. The highest BCUT2D eigenvalue weighted by Gasteiger charge is 2.07. The Labute approximate surface area is 52.4 Å². The Morgan fingerprint density at radius 3 is 2.25 bits per heavy atom. The van der Waals surface area contributed by atoms with Gasteiger partial charge < -0.3 is 0 Å². The van der Waals surface area contributed by atoms with Crippen molar-refractivity contribution in [3.05, 3.63) is 21.9 Å². The quantitative estimate of drug-likeness (QED) is 0.517. The zero-order chi connectivity index (χ0) is 6.20. The van der Waals surface area contributed by atoms with Gasteiger partial charge in [-0.25, -0.2) is 8.42 Å². The molecule has 0 aliphatic carbocycles. The van der Waals surface area contributed by atoms with Crippen molar-refractivity contribution in [1.29, 1.82) is 0 Å². The zero-order valence-electron chi connectivity index (χ0n) is 3.83. The number of sulfone groups is 1. The molecule has 0 unspecified atom stereocenters. The average Bonchev–Trinajstić information content (AvgIpc) is 1.82. The first-order chi connectivity index (χ1) is 3.60. The molecule has 0 amide bonds. The summed E-state index contributed by atoms with van der Waals surface area (Å²) in [5, 5.41) is 2.34. The number of allylic oxidation sites excluding steroid dienone is 2. The van der Waals surface area contributed by atoms with Crippen LogP contribution in [0.4, 0.5) is 0 Å². The lowest BCUT2D eigenvalue weighted by atomic mass is 10.6. The maximum atomic E-state index is 10.4. The van der Waals surface area contributed by atoms with Crippen LogP contribution >= 0.6 is 11.6 Å². The van der Waals surface area contributed by atoms with Gasteiger partial charge in [-0.3, -0.25) is 0 Å². The third-order valence-corrected chi connectivity index (χ3v) is 2.16. The van der Waals surface area contributed by atoms with Gasteiger partial charge in [0.2, 0.25) is 0 Å². The summed E-state index contributed by atoms with van der Waals surface area (Å²) in [5.41, 5.74) is 0. The Balaban J connectivity index is 3.21. The van der Waals surface area contributed by atoms with E-state index in [9.17, 15) is 8.42 Å². The lowest BCUT2D eigenvalue weighted by molar-refractivity contribution is 0.613. The van der Waals surface area contributed by atoms with Gasteiger partial charge in [-0.2, -0.15) is 0 Å². The molecule has 4 heteroatoms. The number of hydrogen-bond acceptors (Lipinski definition) is 2. The molecule has 0 aromatic carbocycles. The lowest BCUT2D eigenvalue weighted by Gasteiger charge is -1.75. The summed E-state index contributed by atoms with van der Waals surface area (Å²) in [5.74, 6) is 0. The van der Waals surface area contributed by atoms with Crippen LogP contribution in [0.25, 0.3) is 0 Å². The van der Waals surface area contributed by atoms with Crippen molar-refractivity contribution in [2.75, 3.05) is 0 Å². The molecule has 1 aliphatic heterocycles. The van der Waals surface area contributed by atoms with Crippen molar-refractivity contribution in [3.63, 3.8) is 0 Å². The van der Waals surface area contributed by atoms with Gasteiger partial charge in [-0.05, 0) is 6.08 Å². The smallest absolute Gasteiger partial charge is 0.194 e. The summed E-state index contributed by atoms with van der Waals surface area (Å²) in [4.78, 5) is 0. The summed E-state index contributed by atoms with van der Waals surface area (Å²) < 4.78 is 20.8. The van der Waals surface area contributed by atoms with E-state index in [0.717, 1.165) is 10.8 Å².